The van der Waals surface area contributed by atoms with Crippen LogP contribution in [0.1, 0.15) is 165 Å². The van der Waals surface area contributed by atoms with Gasteiger partial charge in [-0.3, -0.25) is 0 Å². The standard InChI is InChI=1S/C67H69BN2S/c1-42(2)46-28-35-56-55(38-46)68-62-58(69(56)50-32-26-45(27-33-50)44-24-29-48(30-25-44)65(3,4)5)39-47(43-18-11-9-12-19-43)40-59(62)70(63-52-34-31-49(66(6,7)8)41-60(52)71-64(63)68)57-23-17-22-54-61(57)51-20-13-14-21-53(51)67(54)36-15-10-16-37-67/h13-14,17,20-35,38-43H,9-12,15-16,18-19,36-37H2,1-8H3. The van der Waals surface area contributed by atoms with Crippen molar-refractivity contribution >= 4 is 78.0 Å². The fourth-order valence-corrected chi connectivity index (χ4v) is 15.2. The maximum Gasteiger partial charge on any atom is 0.264 e. The highest BCUT2D eigenvalue weighted by Gasteiger charge is 2.49. The number of hydrogen-bond donors (Lipinski definition) is 0. The molecule has 2 saturated carbocycles. The minimum absolute atomic E-state index is 0.0389. The van der Waals surface area contributed by atoms with Crippen molar-refractivity contribution in [3.8, 4) is 22.3 Å². The second-order valence-corrected chi connectivity index (χ2v) is 25.5. The van der Waals surface area contributed by atoms with E-state index < -0.39 is 0 Å². The summed E-state index contributed by atoms with van der Waals surface area (Å²) in [4.78, 5) is 5.49. The fourth-order valence-electron chi connectivity index (χ4n) is 13.9. The smallest absolute Gasteiger partial charge is 0.264 e. The molecule has 0 unspecified atom stereocenters. The van der Waals surface area contributed by atoms with Gasteiger partial charge in [0.2, 0.25) is 0 Å². The van der Waals surface area contributed by atoms with Gasteiger partial charge in [-0.2, -0.15) is 0 Å². The summed E-state index contributed by atoms with van der Waals surface area (Å²) in [5.74, 6) is 0.931. The van der Waals surface area contributed by atoms with E-state index >= 15 is 0 Å². The monoisotopic (exact) mass is 945 g/mol. The Kier molecular flexibility index (Phi) is 10.5. The zero-order valence-electron chi connectivity index (χ0n) is 43.4. The lowest BCUT2D eigenvalue weighted by Gasteiger charge is -2.44. The van der Waals surface area contributed by atoms with Gasteiger partial charge in [-0.1, -0.05) is 191 Å². The molecule has 1 aromatic heterocycles. The van der Waals surface area contributed by atoms with Gasteiger partial charge in [0.1, 0.15) is 0 Å². The first-order valence-corrected chi connectivity index (χ1v) is 28.0. The summed E-state index contributed by atoms with van der Waals surface area (Å²) in [5.41, 5.74) is 25.2. The molecule has 0 bridgehead atoms. The van der Waals surface area contributed by atoms with E-state index in [9.17, 15) is 0 Å². The largest absolute Gasteiger partial charge is 0.311 e. The van der Waals surface area contributed by atoms with Crippen LogP contribution in [0.25, 0.3) is 32.3 Å². The van der Waals surface area contributed by atoms with Gasteiger partial charge in [-0.25, -0.2) is 0 Å². The summed E-state index contributed by atoms with van der Waals surface area (Å²) >= 11 is 2.06. The maximum atomic E-state index is 2.82. The van der Waals surface area contributed by atoms with E-state index in [2.05, 4.69) is 216 Å². The Morgan fingerprint density at radius 3 is 1.93 bits per heavy atom. The number of rotatable bonds is 5. The van der Waals surface area contributed by atoms with Crippen LogP contribution in [0.3, 0.4) is 0 Å². The molecule has 3 heterocycles. The van der Waals surface area contributed by atoms with Crippen molar-refractivity contribution in [3.05, 3.63) is 173 Å². The number of benzene rings is 7. The third kappa shape index (κ3) is 7.08. The zero-order chi connectivity index (χ0) is 48.6. The van der Waals surface area contributed by atoms with E-state index in [0.717, 1.165) is 0 Å². The predicted octanol–water partition coefficient (Wildman–Crippen LogP) is 17.6. The Labute approximate surface area is 428 Å². The Hall–Kier alpha value is -5.84. The van der Waals surface area contributed by atoms with Gasteiger partial charge >= 0.3 is 0 Å². The minimum atomic E-state index is 0.0389. The summed E-state index contributed by atoms with van der Waals surface area (Å²) in [6, 6.07) is 56.1. The second-order valence-electron chi connectivity index (χ2n) is 24.4. The van der Waals surface area contributed by atoms with E-state index in [-0.39, 0.29) is 23.0 Å². The number of hydrogen-bond acceptors (Lipinski definition) is 3. The third-order valence-corrected chi connectivity index (χ3v) is 19.0. The number of nitrogens with zero attached hydrogens (tertiary/aromatic N) is 2. The average Bonchev–Trinajstić information content (AvgIpc) is 3.89. The predicted molar refractivity (Wildman–Crippen MR) is 308 cm³/mol. The summed E-state index contributed by atoms with van der Waals surface area (Å²) in [6.45, 7) is 18.8. The van der Waals surface area contributed by atoms with Gasteiger partial charge in [-0.15, -0.1) is 11.3 Å². The second kappa shape index (κ2) is 16.6. The van der Waals surface area contributed by atoms with E-state index in [4.69, 9.17) is 0 Å². The lowest BCUT2D eigenvalue weighted by Crippen LogP contribution is -2.60. The number of thiophene rings is 1. The first kappa shape index (κ1) is 45.1. The summed E-state index contributed by atoms with van der Waals surface area (Å²) in [5, 5.41) is 1.37. The van der Waals surface area contributed by atoms with E-state index in [1.807, 2.05) is 0 Å². The van der Waals surface area contributed by atoms with Gasteiger partial charge in [-0.05, 0) is 152 Å². The van der Waals surface area contributed by atoms with Crippen LogP contribution in [-0.2, 0) is 16.2 Å². The molecule has 1 spiro atoms. The molecule has 4 heteroatoms. The Balaban J connectivity index is 1.10. The highest BCUT2D eigenvalue weighted by molar-refractivity contribution is 7.33. The molecule has 0 radical (unpaired) electrons. The Morgan fingerprint density at radius 2 is 1.23 bits per heavy atom. The number of anilines is 6. The number of fused-ring (bicyclic) bond motifs is 11. The van der Waals surface area contributed by atoms with Gasteiger partial charge in [0.25, 0.3) is 6.71 Å². The maximum absolute atomic E-state index is 2.82. The molecule has 13 rings (SSSR count). The summed E-state index contributed by atoms with van der Waals surface area (Å²) in [6.07, 6.45) is 12.8. The summed E-state index contributed by atoms with van der Waals surface area (Å²) < 4.78 is 2.86. The van der Waals surface area contributed by atoms with Crippen LogP contribution in [0.5, 0.6) is 0 Å². The molecule has 5 aliphatic rings. The quantitative estimate of drug-likeness (QED) is 0.159. The van der Waals surface area contributed by atoms with Crippen molar-refractivity contribution in [1.29, 1.82) is 0 Å². The Bertz CT molecular complexity index is 3380. The average molecular weight is 945 g/mol. The summed E-state index contributed by atoms with van der Waals surface area (Å²) in [7, 11) is 0. The van der Waals surface area contributed by atoms with Gasteiger partial charge in [0, 0.05) is 48.6 Å². The molecule has 7 aromatic carbocycles. The molecule has 356 valence electrons. The van der Waals surface area contributed by atoms with Crippen LogP contribution in [-0.4, -0.2) is 6.71 Å². The highest BCUT2D eigenvalue weighted by atomic mass is 32.1. The van der Waals surface area contributed by atoms with Crippen LogP contribution < -0.4 is 25.5 Å². The first-order chi connectivity index (χ1) is 34.3. The Morgan fingerprint density at radius 1 is 0.577 bits per heavy atom. The van der Waals surface area contributed by atoms with Crippen molar-refractivity contribution in [1.82, 2.24) is 0 Å². The molecular weight excluding hydrogens is 876 g/mol. The molecule has 0 atom stereocenters. The van der Waals surface area contributed by atoms with Crippen LogP contribution in [0.4, 0.5) is 34.1 Å². The van der Waals surface area contributed by atoms with Gasteiger partial charge < -0.3 is 9.80 Å². The lowest BCUT2D eigenvalue weighted by atomic mass is 9.36. The SMILES string of the molecule is CC(C)c1ccc2c(c1)B1c3sc4cc(C(C)(C)C)ccc4c3N(c3cccc4c3-c3ccccc3C43CCCCC3)c3cc(C4CCCCC4)cc(c31)N2c1ccc(-c2ccc(C(C)(C)C)cc2)cc1. The van der Waals surface area contributed by atoms with Crippen molar-refractivity contribution in [3.63, 3.8) is 0 Å². The molecule has 71 heavy (non-hydrogen) atoms. The lowest BCUT2D eigenvalue weighted by molar-refractivity contribution is 0.353. The highest BCUT2D eigenvalue weighted by Crippen LogP contribution is 2.60. The molecule has 0 N–H and O–H groups in total. The minimum Gasteiger partial charge on any atom is -0.311 e. The fraction of sp³-hybridized carbons (Fsp3) is 0.343. The molecule has 2 fully saturated rings. The third-order valence-electron chi connectivity index (χ3n) is 17.7. The van der Waals surface area contributed by atoms with Crippen molar-refractivity contribution in [2.75, 3.05) is 9.80 Å². The molecule has 3 aliphatic carbocycles. The van der Waals surface area contributed by atoms with Crippen LogP contribution in [0.2, 0.25) is 0 Å². The van der Waals surface area contributed by atoms with E-state index in [1.165, 1.54) is 169 Å². The van der Waals surface area contributed by atoms with E-state index in [0.29, 0.717) is 11.8 Å². The molecule has 8 aromatic rings. The van der Waals surface area contributed by atoms with Crippen molar-refractivity contribution in [2.24, 2.45) is 0 Å². The first-order valence-electron chi connectivity index (χ1n) is 27.2. The zero-order valence-corrected chi connectivity index (χ0v) is 44.2. The molecular formula is C67H69BN2S. The van der Waals surface area contributed by atoms with Crippen molar-refractivity contribution < 1.29 is 0 Å². The molecule has 0 amide bonds. The van der Waals surface area contributed by atoms with Crippen LogP contribution in [0.15, 0.2) is 140 Å². The van der Waals surface area contributed by atoms with Gasteiger partial charge in [0.05, 0.1) is 11.4 Å². The van der Waals surface area contributed by atoms with Crippen LogP contribution in [0, 0.1) is 0 Å². The molecule has 2 nitrogen and oxygen atoms in total. The van der Waals surface area contributed by atoms with Gasteiger partial charge in [0.15, 0.2) is 0 Å². The van der Waals surface area contributed by atoms with Crippen molar-refractivity contribution in [2.45, 2.75) is 148 Å². The normalized spacial score (nSPS) is 17.1. The molecule has 2 aliphatic heterocycles. The van der Waals surface area contributed by atoms with Crippen LogP contribution >= 0.6 is 11.3 Å². The van der Waals surface area contributed by atoms with E-state index in [1.54, 1.807) is 11.1 Å². The molecule has 0 saturated heterocycles. The topological polar surface area (TPSA) is 6.48 Å².